The number of morpholine rings is 1. The number of hydrogen-bond acceptors (Lipinski definition) is 7. The monoisotopic (exact) mass is 272 g/mol. The van der Waals surface area contributed by atoms with Crippen LogP contribution in [0.5, 0.6) is 0 Å². The second-order valence-electron chi connectivity index (χ2n) is 4.61. The van der Waals surface area contributed by atoms with Crippen molar-refractivity contribution in [3.63, 3.8) is 0 Å². The Labute approximate surface area is 116 Å². The molecule has 1 fully saturated rings. The number of ether oxygens (including phenoxy) is 1. The first-order valence-electron chi connectivity index (χ1n) is 6.49. The molecule has 1 aliphatic rings. The fraction of sp³-hybridized carbons (Fsp3) is 0.385. The van der Waals surface area contributed by atoms with Gasteiger partial charge in [-0.05, 0) is 18.6 Å². The van der Waals surface area contributed by atoms with Gasteiger partial charge in [0.1, 0.15) is 0 Å². The standard InChI is InChI=1S/C13H16N6O/c1-9-2-3-15-8-10(9)11-16-12(14)18-13(17-11)19-4-6-20-7-5-19/h2-3,8H,4-7H2,1H3,(H2,14,16,17,18). The molecule has 0 spiro atoms. The van der Waals surface area contributed by atoms with E-state index in [1.807, 2.05) is 13.0 Å². The normalized spacial score (nSPS) is 15.3. The van der Waals surface area contributed by atoms with Crippen molar-refractivity contribution in [2.45, 2.75) is 6.92 Å². The number of nitrogen functional groups attached to an aromatic ring is 1. The molecule has 104 valence electrons. The molecule has 2 N–H and O–H groups in total. The summed E-state index contributed by atoms with van der Waals surface area (Å²) < 4.78 is 5.33. The summed E-state index contributed by atoms with van der Waals surface area (Å²) in [6.45, 7) is 4.86. The highest BCUT2D eigenvalue weighted by Gasteiger charge is 2.17. The number of nitrogens with two attached hydrogens (primary N) is 1. The first kappa shape index (κ1) is 12.7. The zero-order chi connectivity index (χ0) is 13.9. The Morgan fingerprint density at radius 2 is 2.00 bits per heavy atom. The summed E-state index contributed by atoms with van der Waals surface area (Å²) in [5, 5.41) is 0. The van der Waals surface area contributed by atoms with Gasteiger partial charge in [-0.3, -0.25) is 4.98 Å². The average Bonchev–Trinajstić information content (AvgIpc) is 2.48. The van der Waals surface area contributed by atoms with E-state index in [-0.39, 0.29) is 5.95 Å². The van der Waals surface area contributed by atoms with Crippen LogP contribution in [0, 0.1) is 6.92 Å². The van der Waals surface area contributed by atoms with Crippen LogP contribution in [-0.2, 0) is 4.74 Å². The number of rotatable bonds is 2. The molecule has 0 saturated carbocycles. The SMILES string of the molecule is Cc1ccncc1-c1nc(N)nc(N2CCOCC2)n1. The van der Waals surface area contributed by atoms with E-state index in [9.17, 15) is 0 Å². The maximum Gasteiger partial charge on any atom is 0.230 e. The Bertz CT molecular complexity index is 612. The zero-order valence-corrected chi connectivity index (χ0v) is 11.3. The maximum absolute atomic E-state index is 5.81. The van der Waals surface area contributed by atoms with Gasteiger partial charge in [-0.1, -0.05) is 0 Å². The molecule has 0 unspecified atom stereocenters. The summed E-state index contributed by atoms with van der Waals surface area (Å²) >= 11 is 0. The minimum absolute atomic E-state index is 0.222. The quantitative estimate of drug-likeness (QED) is 0.858. The second kappa shape index (κ2) is 5.38. The third kappa shape index (κ3) is 2.53. The minimum atomic E-state index is 0.222. The van der Waals surface area contributed by atoms with Crippen molar-refractivity contribution in [2.75, 3.05) is 36.9 Å². The van der Waals surface area contributed by atoms with Crippen LogP contribution in [0.25, 0.3) is 11.4 Å². The van der Waals surface area contributed by atoms with Crippen LogP contribution in [0.15, 0.2) is 18.5 Å². The molecule has 3 heterocycles. The van der Waals surface area contributed by atoms with Gasteiger partial charge in [0.15, 0.2) is 5.82 Å². The van der Waals surface area contributed by atoms with Crippen molar-refractivity contribution in [1.29, 1.82) is 0 Å². The lowest BCUT2D eigenvalue weighted by atomic mass is 10.1. The van der Waals surface area contributed by atoms with Crippen LogP contribution >= 0.6 is 0 Å². The number of hydrogen-bond donors (Lipinski definition) is 1. The molecule has 0 amide bonds. The molecular formula is C13H16N6O. The van der Waals surface area contributed by atoms with Gasteiger partial charge in [0.05, 0.1) is 13.2 Å². The van der Waals surface area contributed by atoms with Crippen molar-refractivity contribution >= 4 is 11.9 Å². The van der Waals surface area contributed by atoms with Gasteiger partial charge in [-0.2, -0.15) is 15.0 Å². The largest absolute Gasteiger partial charge is 0.378 e. The lowest BCUT2D eigenvalue weighted by molar-refractivity contribution is 0.122. The zero-order valence-electron chi connectivity index (χ0n) is 11.3. The van der Waals surface area contributed by atoms with Gasteiger partial charge in [0, 0.05) is 31.0 Å². The third-order valence-electron chi connectivity index (χ3n) is 3.21. The van der Waals surface area contributed by atoms with Gasteiger partial charge < -0.3 is 15.4 Å². The van der Waals surface area contributed by atoms with E-state index in [0.29, 0.717) is 25.0 Å². The van der Waals surface area contributed by atoms with Crippen LogP contribution in [-0.4, -0.2) is 46.2 Å². The van der Waals surface area contributed by atoms with Crippen molar-refractivity contribution in [2.24, 2.45) is 0 Å². The fourth-order valence-electron chi connectivity index (χ4n) is 2.10. The van der Waals surface area contributed by atoms with Gasteiger partial charge >= 0.3 is 0 Å². The van der Waals surface area contributed by atoms with Crippen LogP contribution in [0.4, 0.5) is 11.9 Å². The van der Waals surface area contributed by atoms with Crippen LogP contribution in [0.3, 0.4) is 0 Å². The van der Waals surface area contributed by atoms with Gasteiger partial charge in [-0.15, -0.1) is 0 Å². The molecule has 2 aromatic rings. The summed E-state index contributed by atoms with van der Waals surface area (Å²) in [5.41, 5.74) is 7.74. The molecule has 7 heteroatoms. The van der Waals surface area contributed by atoms with E-state index < -0.39 is 0 Å². The summed E-state index contributed by atoms with van der Waals surface area (Å²) in [4.78, 5) is 19.1. The summed E-state index contributed by atoms with van der Waals surface area (Å²) in [7, 11) is 0. The van der Waals surface area contributed by atoms with E-state index in [4.69, 9.17) is 10.5 Å². The Hall–Kier alpha value is -2.28. The van der Waals surface area contributed by atoms with Gasteiger partial charge in [0.25, 0.3) is 0 Å². The number of aromatic nitrogens is 4. The average molecular weight is 272 g/mol. The molecule has 1 saturated heterocycles. The molecule has 20 heavy (non-hydrogen) atoms. The van der Waals surface area contributed by atoms with Crippen LogP contribution in [0.2, 0.25) is 0 Å². The molecular weight excluding hydrogens is 256 g/mol. The van der Waals surface area contributed by atoms with Crippen molar-refractivity contribution < 1.29 is 4.74 Å². The van der Waals surface area contributed by atoms with Gasteiger partial charge in [0.2, 0.25) is 11.9 Å². The highest BCUT2D eigenvalue weighted by atomic mass is 16.5. The van der Waals surface area contributed by atoms with E-state index in [1.165, 1.54) is 0 Å². The molecule has 0 radical (unpaired) electrons. The Kier molecular flexibility index (Phi) is 3.42. The molecule has 3 rings (SSSR count). The highest BCUT2D eigenvalue weighted by molar-refractivity contribution is 5.60. The number of pyridine rings is 1. The maximum atomic E-state index is 5.81. The lowest BCUT2D eigenvalue weighted by Crippen LogP contribution is -2.37. The lowest BCUT2D eigenvalue weighted by Gasteiger charge is -2.26. The fourth-order valence-corrected chi connectivity index (χ4v) is 2.10. The molecule has 0 atom stereocenters. The van der Waals surface area contributed by atoms with Crippen molar-refractivity contribution in [3.8, 4) is 11.4 Å². The predicted octanol–water partition coefficient (Wildman–Crippen LogP) is 0.661. The van der Waals surface area contributed by atoms with E-state index in [1.54, 1.807) is 12.4 Å². The van der Waals surface area contributed by atoms with Crippen molar-refractivity contribution in [3.05, 3.63) is 24.0 Å². The van der Waals surface area contributed by atoms with Gasteiger partial charge in [-0.25, -0.2) is 0 Å². The Morgan fingerprint density at radius 3 is 2.75 bits per heavy atom. The second-order valence-corrected chi connectivity index (χ2v) is 4.61. The molecule has 2 aromatic heterocycles. The predicted molar refractivity (Wildman–Crippen MR) is 75.2 cm³/mol. The van der Waals surface area contributed by atoms with Crippen LogP contribution < -0.4 is 10.6 Å². The first-order chi connectivity index (χ1) is 9.74. The van der Waals surface area contributed by atoms with Crippen molar-refractivity contribution in [1.82, 2.24) is 19.9 Å². The van der Waals surface area contributed by atoms with E-state index in [0.717, 1.165) is 24.2 Å². The highest BCUT2D eigenvalue weighted by Crippen LogP contribution is 2.21. The molecule has 0 aliphatic carbocycles. The Morgan fingerprint density at radius 1 is 1.20 bits per heavy atom. The third-order valence-corrected chi connectivity index (χ3v) is 3.21. The smallest absolute Gasteiger partial charge is 0.230 e. The van der Waals surface area contributed by atoms with E-state index in [2.05, 4.69) is 24.8 Å². The first-order valence-corrected chi connectivity index (χ1v) is 6.49. The molecule has 0 aromatic carbocycles. The molecule has 0 bridgehead atoms. The number of nitrogens with zero attached hydrogens (tertiary/aromatic N) is 5. The number of anilines is 2. The molecule has 7 nitrogen and oxygen atoms in total. The topological polar surface area (TPSA) is 90.0 Å². The summed E-state index contributed by atoms with van der Waals surface area (Å²) in [5.74, 6) is 1.38. The molecule has 1 aliphatic heterocycles. The summed E-state index contributed by atoms with van der Waals surface area (Å²) in [6, 6.07) is 1.92. The number of aryl methyl sites for hydroxylation is 1. The summed E-state index contributed by atoms with van der Waals surface area (Å²) in [6.07, 6.45) is 3.49. The van der Waals surface area contributed by atoms with E-state index >= 15 is 0 Å². The Balaban J connectivity index is 2.00. The van der Waals surface area contributed by atoms with Crippen LogP contribution in [0.1, 0.15) is 5.56 Å². The minimum Gasteiger partial charge on any atom is -0.378 e.